The summed E-state index contributed by atoms with van der Waals surface area (Å²) >= 11 is 0. The molecule has 3 nitrogen and oxygen atoms in total. The van der Waals surface area contributed by atoms with E-state index in [1.165, 1.54) is 0 Å². The maximum atomic E-state index is 8.78. The molecule has 0 heterocycles. The SMILES string of the molecule is N#Cc1cccc(CNNc2ccccc2)c1. The molecule has 0 radical (unpaired) electrons. The Morgan fingerprint density at radius 2 is 1.82 bits per heavy atom. The van der Waals surface area contributed by atoms with E-state index in [1.54, 1.807) is 6.07 Å². The molecular formula is C14H13N3. The summed E-state index contributed by atoms with van der Waals surface area (Å²) in [5, 5.41) is 8.78. The van der Waals surface area contributed by atoms with Gasteiger partial charge >= 0.3 is 0 Å². The van der Waals surface area contributed by atoms with Crippen LogP contribution in [0.25, 0.3) is 0 Å². The summed E-state index contributed by atoms with van der Waals surface area (Å²) < 4.78 is 0. The van der Waals surface area contributed by atoms with Gasteiger partial charge in [-0.1, -0.05) is 30.3 Å². The lowest BCUT2D eigenvalue weighted by atomic mass is 10.1. The van der Waals surface area contributed by atoms with Crippen molar-refractivity contribution in [3.8, 4) is 6.07 Å². The molecule has 0 atom stereocenters. The summed E-state index contributed by atoms with van der Waals surface area (Å²) in [4.78, 5) is 0. The van der Waals surface area contributed by atoms with Gasteiger partial charge in [0.1, 0.15) is 0 Å². The molecule has 2 N–H and O–H groups in total. The zero-order valence-electron chi connectivity index (χ0n) is 9.35. The Morgan fingerprint density at radius 1 is 1.00 bits per heavy atom. The Kier molecular flexibility index (Phi) is 3.74. The van der Waals surface area contributed by atoms with Crippen LogP contribution in [0.5, 0.6) is 0 Å². The Bertz CT molecular complexity index is 514. The van der Waals surface area contributed by atoms with E-state index in [4.69, 9.17) is 5.26 Å². The van der Waals surface area contributed by atoms with Gasteiger partial charge in [-0.3, -0.25) is 0 Å². The average Bonchev–Trinajstić information content (AvgIpc) is 2.40. The highest BCUT2D eigenvalue weighted by Crippen LogP contribution is 2.05. The van der Waals surface area contributed by atoms with Gasteiger partial charge in [-0.2, -0.15) is 5.26 Å². The summed E-state index contributed by atoms with van der Waals surface area (Å²) in [6, 6.07) is 19.6. The third-order valence-electron chi connectivity index (χ3n) is 2.36. The molecule has 17 heavy (non-hydrogen) atoms. The van der Waals surface area contributed by atoms with Crippen molar-refractivity contribution in [2.45, 2.75) is 6.54 Å². The fourth-order valence-corrected chi connectivity index (χ4v) is 1.52. The Morgan fingerprint density at radius 3 is 2.59 bits per heavy atom. The molecule has 3 heteroatoms. The van der Waals surface area contributed by atoms with E-state index < -0.39 is 0 Å². The van der Waals surface area contributed by atoms with Gasteiger partial charge in [-0.05, 0) is 29.8 Å². The number of nitriles is 1. The molecule has 84 valence electrons. The Balaban J connectivity index is 1.88. The predicted octanol–water partition coefficient (Wildman–Crippen LogP) is 2.67. The first kappa shape index (κ1) is 11.2. The summed E-state index contributed by atoms with van der Waals surface area (Å²) in [5.74, 6) is 0. The number of rotatable bonds is 4. The normalized spacial score (nSPS) is 9.59. The largest absolute Gasteiger partial charge is 0.321 e. The standard InChI is InChI=1S/C14H13N3/c15-10-12-5-4-6-13(9-12)11-16-17-14-7-2-1-3-8-14/h1-9,16-17H,11H2. The van der Waals surface area contributed by atoms with E-state index in [0.29, 0.717) is 12.1 Å². The van der Waals surface area contributed by atoms with Crippen LogP contribution in [-0.2, 0) is 6.54 Å². The minimum absolute atomic E-state index is 0.671. The summed E-state index contributed by atoms with van der Waals surface area (Å²) in [6.07, 6.45) is 0. The number of nitrogens with one attached hydrogen (secondary N) is 2. The molecule has 0 saturated carbocycles. The lowest BCUT2D eigenvalue weighted by molar-refractivity contribution is 0.801. The first-order chi connectivity index (χ1) is 8.38. The molecule has 0 aliphatic carbocycles. The van der Waals surface area contributed by atoms with Crippen LogP contribution in [0.4, 0.5) is 5.69 Å². The van der Waals surface area contributed by atoms with E-state index >= 15 is 0 Å². The van der Waals surface area contributed by atoms with Crippen molar-refractivity contribution in [2.75, 3.05) is 5.43 Å². The number of anilines is 1. The van der Waals surface area contributed by atoms with Gasteiger partial charge < -0.3 is 5.43 Å². The summed E-state index contributed by atoms with van der Waals surface area (Å²) in [7, 11) is 0. The highest BCUT2D eigenvalue weighted by atomic mass is 15.3. The lowest BCUT2D eigenvalue weighted by Crippen LogP contribution is -2.20. The number of benzene rings is 2. The fraction of sp³-hybridized carbons (Fsp3) is 0.0714. The zero-order valence-corrected chi connectivity index (χ0v) is 9.35. The monoisotopic (exact) mass is 223 g/mol. The molecule has 0 bridgehead atoms. The molecule has 0 aliphatic rings. The lowest BCUT2D eigenvalue weighted by Gasteiger charge is -2.08. The second-order valence-electron chi connectivity index (χ2n) is 3.66. The topological polar surface area (TPSA) is 47.9 Å². The minimum atomic E-state index is 0.671. The number of hydrogen-bond donors (Lipinski definition) is 2. The number of nitrogens with zero attached hydrogens (tertiary/aromatic N) is 1. The molecule has 0 aromatic heterocycles. The van der Waals surface area contributed by atoms with Crippen LogP contribution in [0.3, 0.4) is 0 Å². The first-order valence-corrected chi connectivity index (χ1v) is 5.41. The average molecular weight is 223 g/mol. The summed E-state index contributed by atoms with van der Waals surface area (Å²) in [6.45, 7) is 0.671. The minimum Gasteiger partial charge on any atom is -0.321 e. The highest BCUT2D eigenvalue weighted by molar-refractivity contribution is 5.41. The first-order valence-electron chi connectivity index (χ1n) is 5.41. The zero-order chi connectivity index (χ0) is 11.9. The van der Waals surface area contributed by atoms with Crippen molar-refractivity contribution < 1.29 is 0 Å². The van der Waals surface area contributed by atoms with Crippen LogP contribution in [-0.4, -0.2) is 0 Å². The molecule has 0 unspecified atom stereocenters. The molecule has 0 amide bonds. The molecule has 0 saturated heterocycles. The predicted molar refractivity (Wildman–Crippen MR) is 68.1 cm³/mol. The molecule has 2 aromatic carbocycles. The van der Waals surface area contributed by atoms with Crippen LogP contribution < -0.4 is 10.9 Å². The van der Waals surface area contributed by atoms with Crippen LogP contribution in [0.1, 0.15) is 11.1 Å². The second kappa shape index (κ2) is 5.69. The van der Waals surface area contributed by atoms with Gasteiger partial charge in [0.25, 0.3) is 0 Å². The maximum absolute atomic E-state index is 8.78. The van der Waals surface area contributed by atoms with Crippen molar-refractivity contribution in [3.05, 3.63) is 65.7 Å². The van der Waals surface area contributed by atoms with Gasteiger partial charge in [-0.15, -0.1) is 0 Å². The highest BCUT2D eigenvalue weighted by Gasteiger charge is 1.94. The summed E-state index contributed by atoms with van der Waals surface area (Å²) in [5.41, 5.74) is 8.99. The van der Waals surface area contributed by atoms with Crippen LogP contribution >= 0.6 is 0 Å². The van der Waals surface area contributed by atoms with Crippen molar-refractivity contribution in [1.29, 1.82) is 5.26 Å². The van der Waals surface area contributed by atoms with Crippen LogP contribution in [0.2, 0.25) is 0 Å². The second-order valence-corrected chi connectivity index (χ2v) is 3.66. The van der Waals surface area contributed by atoms with Crippen molar-refractivity contribution in [3.63, 3.8) is 0 Å². The van der Waals surface area contributed by atoms with Crippen molar-refractivity contribution >= 4 is 5.69 Å². The van der Waals surface area contributed by atoms with Gasteiger partial charge in [0.15, 0.2) is 0 Å². The molecule has 2 aromatic rings. The number of hydrogen-bond acceptors (Lipinski definition) is 3. The Hall–Kier alpha value is -2.31. The smallest absolute Gasteiger partial charge is 0.0991 e. The van der Waals surface area contributed by atoms with E-state index in [-0.39, 0.29) is 0 Å². The quantitative estimate of drug-likeness (QED) is 0.783. The third kappa shape index (κ3) is 3.33. The van der Waals surface area contributed by atoms with Crippen LogP contribution in [0.15, 0.2) is 54.6 Å². The Labute approximate surface area is 101 Å². The van der Waals surface area contributed by atoms with E-state index in [1.807, 2.05) is 48.5 Å². The molecular weight excluding hydrogens is 210 g/mol. The molecule has 0 spiro atoms. The van der Waals surface area contributed by atoms with E-state index in [9.17, 15) is 0 Å². The molecule has 2 rings (SSSR count). The van der Waals surface area contributed by atoms with E-state index in [0.717, 1.165) is 11.3 Å². The number of para-hydroxylation sites is 1. The van der Waals surface area contributed by atoms with Gasteiger partial charge in [0.05, 0.1) is 11.6 Å². The maximum Gasteiger partial charge on any atom is 0.0991 e. The fourth-order valence-electron chi connectivity index (χ4n) is 1.52. The third-order valence-corrected chi connectivity index (χ3v) is 2.36. The van der Waals surface area contributed by atoms with Gasteiger partial charge in [0, 0.05) is 12.2 Å². The molecule has 0 aliphatic heterocycles. The van der Waals surface area contributed by atoms with Crippen LogP contribution in [0, 0.1) is 11.3 Å². The van der Waals surface area contributed by atoms with E-state index in [2.05, 4.69) is 16.9 Å². The van der Waals surface area contributed by atoms with Crippen molar-refractivity contribution in [1.82, 2.24) is 5.43 Å². The number of hydrazine groups is 1. The van der Waals surface area contributed by atoms with Crippen molar-refractivity contribution in [2.24, 2.45) is 0 Å². The van der Waals surface area contributed by atoms with Gasteiger partial charge in [0.2, 0.25) is 0 Å². The molecule has 0 fully saturated rings. The van der Waals surface area contributed by atoms with Gasteiger partial charge in [-0.25, -0.2) is 5.43 Å².